The predicted molar refractivity (Wildman–Crippen MR) is 75.6 cm³/mol. The fourth-order valence-corrected chi connectivity index (χ4v) is 2.13. The molecule has 5 nitrogen and oxygen atoms in total. The van der Waals surface area contributed by atoms with Gasteiger partial charge in [0.05, 0.1) is 0 Å². The van der Waals surface area contributed by atoms with Gasteiger partial charge in [-0.3, -0.25) is 4.79 Å². The van der Waals surface area contributed by atoms with Crippen LogP contribution in [0, 0.1) is 5.82 Å². The molecule has 0 atom stereocenters. The van der Waals surface area contributed by atoms with Crippen LogP contribution in [0.1, 0.15) is 16.1 Å². The zero-order chi connectivity index (χ0) is 14.8. The Morgan fingerprint density at radius 3 is 2.81 bits per heavy atom. The lowest BCUT2D eigenvalue weighted by molar-refractivity contribution is 0.0945. The molecule has 1 N–H and O–H groups in total. The maximum Gasteiger partial charge on any atom is 0.273 e. The molecule has 0 saturated carbocycles. The summed E-state index contributed by atoms with van der Waals surface area (Å²) in [6.45, 7) is 0.261. The first kappa shape index (κ1) is 13.5. The molecule has 0 saturated heterocycles. The number of nitrogens with one attached hydrogen (secondary N) is 1. The fraction of sp³-hybridized carbons (Fsp3) is 0.0714. The van der Waals surface area contributed by atoms with Crippen molar-refractivity contribution in [3.05, 3.63) is 64.8 Å². The van der Waals surface area contributed by atoms with Gasteiger partial charge in [0.2, 0.25) is 0 Å². The van der Waals surface area contributed by atoms with E-state index in [4.69, 9.17) is 11.6 Å². The first-order valence-corrected chi connectivity index (χ1v) is 6.54. The standard InChI is InChI=1S/C14H10ClFN4O/c15-11-12(19-20-7-1-6-17-13(11)20)14(21)18-8-9-2-4-10(16)5-3-9/h1-7H,8H2,(H,18,21). The van der Waals surface area contributed by atoms with Gasteiger partial charge in [0.1, 0.15) is 10.8 Å². The van der Waals surface area contributed by atoms with Crippen LogP contribution in [0.2, 0.25) is 5.02 Å². The van der Waals surface area contributed by atoms with Crippen LogP contribution in [0.5, 0.6) is 0 Å². The Morgan fingerprint density at radius 2 is 2.10 bits per heavy atom. The number of hydrogen-bond acceptors (Lipinski definition) is 3. The van der Waals surface area contributed by atoms with E-state index in [0.29, 0.717) is 5.65 Å². The van der Waals surface area contributed by atoms with E-state index in [9.17, 15) is 9.18 Å². The summed E-state index contributed by atoms with van der Waals surface area (Å²) < 4.78 is 14.2. The zero-order valence-corrected chi connectivity index (χ0v) is 11.5. The van der Waals surface area contributed by atoms with E-state index in [1.165, 1.54) is 16.6 Å². The molecular formula is C14H10ClFN4O. The minimum absolute atomic E-state index is 0.109. The van der Waals surface area contributed by atoms with E-state index >= 15 is 0 Å². The molecule has 21 heavy (non-hydrogen) atoms. The van der Waals surface area contributed by atoms with Crippen molar-refractivity contribution in [3.63, 3.8) is 0 Å². The molecule has 0 aliphatic rings. The van der Waals surface area contributed by atoms with Gasteiger partial charge >= 0.3 is 0 Å². The fourth-order valence-electron chi connectivity index (χ4n) is 1.87. The molecular weight excluding hydrogens is 295 g/mol. The molecule has 3 aromatic rings. The van der Waals surface area contributed by atoms with Gasteiger partial charge in [-0.25, -0.2) is 13.9 Å². The Labute approximate surface area is 124 Å². The van der Waals surface area contributed by atoms with Crippen molar-refractivity contribution in [2.24, 2.45) is 0 Å². The van der Waals surface area contributed by atoms with Gasteiger partial charge in [-0.1, -0.05) is 23.7 Å². The van der Waals surface area contributed by atoms with Crippen LogP contribution in [0.3, 0.4) is 0 Å². The largest absolute Gasteiger partial charge is 0.347 e. The van der Waals surface area contributed by atoms with E-state index in [0.717, 1.165) is 5.56 Å². The number of carbonyl (C=O) groups is 1. The molecule has 1 amide bonds. The van der Waals surface area contributed by atoms with Crippen LogP contribution in [-0.2, 0) is 6.54 Å². The lowest BCUT2D eigenvalue weighted by Gasteiger charge is -2.03. The van der Waals surface area contributed by atoms with Crippen LogP contribution in [0.4, 0.5) is 4.39 Å². The number of rotatable bonds is 3. The Kier molecular flexibility index (Phi) is 3.53. The number of aromatic nitrogens is 3. The topological polar surface area (TPSA) is 59.3 Å². The zero-order valence-electron chi connectivity index (χ0n) is 10.8. The second-order valence-electron chi connectivity index (χ2n) is 4.36. The third kappa shape index (κ3) is 2.71. The normalized spacial score (nSPS) is 10.8. The Balaban J connectivity index is 1.78. The number of benzene rings is 1. The monoisotopic (exact) mass is 304 g/mol. The van der Waals surface area contributed by atoms with E-state index in [1.54, 1.807) is 30.6 Å². The summed E-state index contributed by atoms with van der Waals surface area (Å²) in [7, 11) is 0. The van der Waals surface area contributed by atoms with E-state index < -0.39 is 5.91 Å². The summed E-state index contributed by atoms with van der Waals surface area (Å²) in [4.78, 5) is 16.2. The number of hydrogen-bond donors (Lipinski definition) is 1. The minimum Gasteiger partial charge on any atom is -0.347 e. The van der Waals surface area contributed by atoms with Crippen molar-refractivity contribution in [1.29, 1.82) is 0 Å². The highest BCUT2D eigenvalue weighted by atomic mass is 35.5. The summed E-state index contributed by atoms with van der Waals surface area (Å²) >= 11 is 6.10. The second-order valence-corrected chi connectivity index (χ2v) is 4.74. The molecule has 0 aliphatic heterocycles. The van der Waals surface area contributed by atoms with Crippen molar-refractivity contribution < 1.29 is 9.18 Å². The minimum atomic E-state index is -0.408. The molecule has 0 bridgehead atoms. The summed E-state index contributed by atoms with van der Waals surface area (Å²) in [5.74, 6) is -0.727. The quantitative estimate of drug-likeness (QED) is 0.808. The van der Waals surface area contributed by atoms with Crippen molar-refractivity contribution in [2.75, 3.05) is 0 Å². The summed E-state index contributed by atoms with van der Waals surface area (Å²) in [5, 5.41) is 6.98. The van der Waals surface area contributed by atoms with Crippen LogP contribution in [-0.4, -0.2) is 20.5 Å². The van der Waals surface area contributed by atoms with Crippen LogP contribution < -0.4 is 5.32 Å². The summed E-state index contributed by atoms with van der Waals surface area (Å²) in [6, 6.07) is 7.56. The predicted octanol–water partition coefficient (Wildman–Crippen LogP) is 2.45. The van der Waals surface area contributed by atoms with Crippen molar-refractivity contribution >= 4 is 23.2 Å². The molecule has 2 aromatic heterocycles. The molecule has 2 heterocycles. The lowest BCUT2D eigenvalue weighted by atomic mass is 10.2. The van der Waals surface area contributed by atoms with Crippen molar-refractivity contribution in [3.8, 4) is 0 Å². The molecule has 0 aliphatic carbocycles. The van der Waals surface area contributed by atoms with E-state index in [2.05, 4.69) is 15.4 Å². The molecule has 7 heteroatoms. The molecule has 1 aromatic carbocycles. The third-order valence-electron chi connectivity index (χ3n) is 2.92. The van der Waals surface area contributed by atoms with Gasteiger partial charge in [0.25, 0.3) is 5.91 Å². The van der Waals surface area contributed by atoms with Gasteiger partial charge in [0.15, 0.2) is 11.3 Å². The van der Waals surface area contributed by atoms with E-state index in [1.807, 2.05) is 0 Å². The van der Waals surface area contributed by atoms with Crippen molar-refractivity contribution in [1.82, 2.24) is 19.9 Å². The molecule has 0 fully saturated rings. The van der Waals surface area contributed by atoms with Crippen LogP contribution in [0.15, 0.2) is 42.7 Å². The first-order valence-electron chi connectivity index (χ1n) is 6.16. The second kappa shape index (κ2) is 5.49. The summed E-state index contributed by atoms with van der Waals surface area (Å²) in [5.41, 5.74) is 1.31. The maximum absolute atomic E-state index is 12.8. The number of amides is 1. The van der Waals surface area contributed by atoms with Crippen molar-refractivity contribution in [2.45, 2.75) is 6.54 Å². The summed E-state index contributed by atoms with van der Waals surface area (Å²) in [6.07, 6.45) is 3.23. The van der Waals surface area contributed by atoms with E-state index in [-0.39, 0.29) is 23.1 Å². The average Bonchev–Trinajstić information content (AvgIpc) is 2.84. The number of halogens is 2. The van der Waals surface area contributed by atoms with Gasteiger partial charge in [-0.05, 0) is 23.8 Å². The number of fused-ring (bicyclic) bond motifs is 1. The van der Waals surface area contributed by atoms with Gasteiger partial charge in [-0.15, -0.1) is 0 Å². The first-order chi connectivity index (χ1) is 10.1. The average molecular weight is 305 g/mol. The molecule has 0 radical (unpaired) electrons. The number of carbonyl (C=O) groups excluding carboxylic acids is 1. The molecule has 106 valence electrons. The molecule has 0 spiro atoms. The van der Waals surface area contributed by atoms with Crippen LogP contribution in [0.25, 0.3) is 5.65 Å². The third-order valence-corrected chi connectivity index (χ3v) is 3.27. The Morgan fingerprint density at radius 1 is 1.33 bits per heavy atom. The molecule has 3 rings (SSSR count). The van der Waals surface area contributed by atoms with Gasteiger partial charge < -0.3 is 5.32 Å². The highest BCUT2D eigenvalue weighted by molar-refractivity contribution is 6.36. The smallest absolute Gasteiger partial charge is 0.273 e. The van der Waals surface area contributed by atoms with Gasteiger partial charge in [-0.2, -0.15) is 5.10 Å². The lowest BCUT2D eigenvalue weighted by Crippen LogP contribution is -2.23. The Bertz CT molecular complexity index is 800. The van der Waals surface area contributed by atoms with Gasteiger partial charge in [0, 0.05) is 18.9 Å². The van der Waals surface area contributed by atoms with Crippen LogP contribution >= 0.6 is 11.6 Å². The highest BCUT2D eigenvalue weighted by Crippen LogP contribution is 2.19. The maximum atomic E-state index is 12.8. The SMILES string of the molecule is O=C(NCc1ccc(F)cc1)c1nn2cccnc2c1Cl. The number of nitrogens with zero attached hydrogens (tertiary/aromatic N) is 3. The highest BCUT2D eigenvalue weighted by Gasteiger charge is 2.18. The molecule has 0 unspecified atom stereocenters. The Hall–Kier alpha value is -2.47.